The van der Waals surface area contributed by atoms with Crippen LogP contribution in [-0.2, 0) is 4.79 Å². The van der Waals surface area contributed by atoms with Crippen LogP contribution in [0.5, 0.6) is 0 Å². The van der Waals surface area contributed by atoms with Gasteiger partial charge in [0.25, 0.3) is 0 Å². The second kappa shape index (κ2) is 6.59. The monoisotopic (exact) mass is 311 g/mol. The molecule has 0 aliphatic rings. The van der Waals surface area contributed by atoms with Gasteiger partial charge in [-0.25, -0.2) is 4.79 Å². The van der Waals surface area contributed by atoms with Crippen LogP contribution in [0.1, 0.15) is 25.8 Å². The van der Waals surface area contributed by atoms with Gasteiger partial charge in [0.05, 0.1) is 0 Å². The Morgan fingerprint density at radius 1 is 1.56 bits per heavy atom. The fraction of sp³-hybridized carbons (Fsp3) is 0.357. The van der Waals surface area contributed by atoms with Crippen LogP contribution in [0, 0.1) is 0 Å². The average Bonchev–Trinajstić information content (AvgIpc) is 2.35. The highest BCUT2D eigenvalue weighted by molar-refractivity contribution is 9.10. The molecule has 1 atom stereocenters. The molecule has 0 saturated carbocycles. The molecule has 1 aromatic rings. The first kappa shape index (κ1) is 14.8. The number of hydrogen-bond donors (Lipinski definition) is 1. The molecule has 0 heterocycles. The van der Waals surface area contributed by atoms with Crippen molar-refractivity contribution in [2.75, 3.05) is 11.9 Å². The lowest BCUT2D eigenvalue weighted by atomic mass is 10.1. The van der Waals surface area contributed by atoms with E-state index in [0.29, 0.717) is 6.04 Å². The van der Waals surface area contributed by atoms with Gasteiger partial charge in [-0.2, -0.15) is 0 Å². The van der Waals surface area contributed by atoms with Gasteiger partial charge in [0.1, 0.15) is 0 Å². The summed E-state index contributed by atoms with van der Waals surface area (Å²) in [7, 11) is 2.02. The molecule has 18 heavy (non-hydrogen) atoms. The van der Waals surface area contributed by atoms with Gasteiger partial charge in [-0.05, 0) is 37.1 Å². The summed E-state index contributed by atoms with van der Waals surface area (Å²) in [5, 5.41) is 8.70. The Labute approximate surface area is 116 Å². The first-order chi connectivity index (χ1) is 8.45. The average molecular weight is 312 g/mol. The van der Waals surface area contributed by atoms with Gasteiger partial charge in [-0.15, -0.1) is 0 Å². The van der Waals surface area contributed by atoms with E-state index in [-0.39, 0.29) is 0 Å². The first-order valence-corrected chi connectivity index (χ1v) is 6.68. The minimum atomic E-state index is -0.935. The normalized spacial score (nSPS) is 12.7. The van der Waals surface area contributed by atoms with Gasteiger partial charge >= 0.3 is 5.97 Å². The van der Waals surface area contributed by atoms with Gasteiger partial charge < -0.3 is 10.0 Å². The number of anilines is 1. The summed E-state index contributed by atoms with van der Waals surface area (Å²) >= 11 is 3.45. The van der Waals surface area contributed by atoms with Crippen LogP contribution in [0.4, 0.5) is 5.69 Å². The zero-order valence-electron chi connectivity index (χ0n) is 10.9. The third-order valence-corrected chi connectivity index (χ3v) is 3.52. The number of rotatable bonds is 5. The third kappa shape index (κ3) is 3.88. The van der Waals surface area contributed by atoms with Gasteiger partial charge in [0.2, 0.25) is 0 Å². The molecule has 1 aromatic carbocycles. The predicted octanol–water partition coefficient (Wildman–Crippen LogP) is 3.78. The van der Waals surface area contributed by atoms with E-state index in [1.807, 2.05) is 25.2 Å². The summed E-state index contributed by atoms with van der Waals surface area (Å²) in [4.78, 5) is 12.8. The highest BCUT2D eigenvalue weighted by atomic mass is 79.9. The molecule has 98 valence electrons. The van der Waals surface area contributed by atoms with E-state index in [4.69, 9.17) is 5.11 Å². The molecular weight excluding hydrogens is 294 g/mol. The van der Waals surface area contributed by atoms with Gasteiger partial charge in [0.15, 0.2) is 0 Å². The second-order valence-electron chi connectivity index (χ2n) is 4.24. The van der Waals surface area contributed by atoms with Crippen molar-refractivity contribution in [2.24, 2.45) is 0 Å². The van der Waals surface area contributed by atoms with Crippen LogP contribution in [-0.4, -0.2) is 24.2 Å². The Morgan fingerprint density at radius 2 is 2.22 bits per heavy atom. The number of carboxylic acids is 1. The molecule has 0 saturated heterocycles. The van der Waals surface area contributed by atoms with Crippen LogP contribution in [0.3, 0.4) is 0 Å². The summed E-state index contributed by atoms with van der Waals surface area (Å²) in [6, 6.07) is 6.23. The molecular formula is C14H18BrNO2. The second-order valence-corrected chi connectivity index (χ2v) is 5.16. The lowest BCUT2D eigenvalue weighted by Gasteiger charge is -2.28. The zero-order chi connectivity index (χ0) is 13.7. The molecule has 4 heteroatoms. The van der Waals surface area contributed by atoms with Crippen LogP contribution >= 0.6 is 15.9 Å². The van der Waals surface area contributed by atoms with Crippen molar-refractivity contribution < 1.29 is 9.90 Å². The molecule has 3 nitrogen and oxygen atoms in total. The number of carboxylic acid groups (broad SMARTS) is 1. The Balaban J connectivity index is 3.14. The lowest BCUT2D eigenvalue weighted by molar-refractivity contribution is -0.131. The summed E-state index contributed by atoms with van der Waals surface area (Å²) in [6.07, 6.45) is 3.82. The van der Waals surface area contributed by atoms with Crippen LogP contribution in [0.15, 0.2) is 28.7 Å². The van der Waals surface area contributed by atoms with Gasteiger partial charge in [0, 0.05) is 29.3 Å². The van der Waals surface area contributed by atoms with Crippen molar-refractivity contribution in [1.82, 2.24) is 0 Å². The standard InChI is InChI=1S/C14H18BrNO2/c1-4-10(2)16(3)13-9-12(15)7-5-11(13)6-8-14(17)18/h5-10H,4H2,1-3H3,(H,17,18)/b8-6+. The molecule has 0 radical (unpaired) electrons. The number of aliphatic carboxylic acids is 1. The first-order valence-electron chi connectivity index (χ1n) is 5.89. The van der Waals surface area contributed by atoms with E-state index in [2.05, 4.69) is 34.7 Å². The topological polar surface area (TPSA) is 40.5 Å². The Hall–Kier alpha value is -1.29. The van der Waals surface area contributed by atoms with E-state index in [1.165, 1.54) is 0 Å². The molecule has 1 unspecified atom stereocenters. The Kier molecular flexibility index (Phi) is 5.41. The van der Waals surface area contributed by atoms with Crippen molar-refractivity contribution in [1.29, 1.82) is 0 Å². The van der Waals surface area contributed by atoms with Gasteiger partial charge in [-0.3, -0.25) is 0 Å². The third-order valence-electron chi connectivity index (χ3n) is 3.03. The van der Waals surface area contributed by atoms with E-state index in [1.54, 1.807) is 6.08 Å². The molecule has 0 aromatic heterocycles. The van der Waals surface area contributed by atoms with E-state index in [9.17, 15) is 4.79 Å². The Bertz CT molecular complexity index is 457. The fourth-order valence-electron chi connectivity index (χ4n) is 1.64. The summed E-state index contributed by atoms with van der Waals surface area (Å²) in [5.74, 6) is -0.935. The highest BCUT2D eigenvalue weighted by Gasteiger charge is 2.11. The van der Waals surface area contributed by atoms with Crippen molar-refractivity contribution in [3.63, 3.8) is 0 Å². The smallest absolute Gasteiger partial charge is 0.328 e. The van der Waals surface area contributed by atoms with Gasteiger partial charge in [-0.1, -0.05) is 28.9 Å². The quantitative estimate of drug-likeness (QED) is 0.841. The van der Waals surface area contributed by atoms with Crippen LogP contribution in [0.25, 0.3) is 6.08 Å². The lowest BCUT2D eigenvalue weighted by Crippen LogP contribution is -2.28. The van der Waals surface area contributed by atoms with Crippen molar-refractivity contribution in [3.05, 3.63) is 34.3 Å². The largest absolute Gasteiger partial charge is 0.478 e. The van der Waals surface area contributed by atoms with Crippen molar-refractivity contribution >= 4 is 33.7 Å². The van der Waals surface area contributed by atoms with Crippen LogP contribution in [0.2, 0.25) is 0 Å². The molecule has 0 aliphatic heterocycles. The highest BCUT2D eigenvalue weighted by Crippen LogP contribution is 2.27. The SMILES string of the molecule is CCC(C)N(C)c1cc(Br)ccc1/C=C/C(=O)O. The molecule has 0 aliphatic carbocycles. The Morgan fingerprint density at radius 3 is 2.78 bits per heavy atom. The number of nitrogens with zero attached hydrogens (tertiary/aromatic N) is 1. The fourth-order valence-corrected chi connectivity index (χ4v) is 1.98. The molecule has 0 amide bonds. The molecule has 1 rings (SSSR count). The van der Waals surface area contributed by atoms with Crippen molar-refractivity contribution in [3.8, 4) is 0 Å². The minimum absolute atomic E-state index is 0.399. The maximum atomic E-state index is 10.6. The summed E-state index contributed by atoms with van der Waals surface area (Å²) in [6.45, 7) is 4.28. The molecule has 1 N–H and O–H groups in total. The van der Waals surface area contributed by atoms with Crippen molar-refractivity contribution in [2.45, 2.75) is 26.3 Å². The molecule has 0 spiro atoms. The minimum Gasteiger partial charge on any atom is -0.478 e. The van der Waals surface area contributed by atoms with E-state index < -0.39 is 5.97 Å². The number of carbonyl (C=O) groups is 1. The maximum Gasteiger partial charge on any atom is 0.328 e. The number of benzene rings is 1. The molecule has 0 bridgehead atoms. The zero-order valence-corrected chi connectivity index (χ0v) is 12.4. The molecule has 0 fully saturated rings. The number of hydrogen-bond acceptors (Lipinski definition) is 2. The number of halogens is 1. The van der Waals surface area contributed by atoms with Crippen LogP contribution < -0.4 is 4.90 Å². The summed E-state index contributed by atoms with van der Waals surface area (Å²) in [5.41, 5.74) is 1.93. The van der Waals surface area contributed by atoms with E-state index in [0.717, 1.165) is 28.2 Å². The predicted molar refractivity (Wildman–Crippen MR) is 79.0 cm³/mol. The summed E-state index contributed by atoms with van der Waals surface area (Å²) < 4.78 is 0.986. The van der Waals surface area contributed by atoms with E-state index >= 15 is 0 Å². The maximum absolute atomic E-state index is 10.6.